The lowest BCUT2D eigenvalue weighted by molar-refractivity contribution is -0.332. The summed E-state index contributed by atoms with van der Waals surface area (Å²) in [5, 5.41) is -1.02. The van der Waals surface area contributed by atoms with Crippen LogP contribution >= 0.6 is 15.9 Å². The van der Waals surface area contributed by atoms with Crippen LogP contribution in [0, 0.1) is 5.92 Å². The van der Waals surface area contributed by atoms with Crippen molar-refractivity contribution in [1.82, 2.24) is 0 Å². The molecule has 0 spiro atoms. The molecular formula is C7H10BrF3O. The lowest BCUT2D eigenvalue weighted by Gasteiger charge is -2.17. The summed E-state index contributed by atoms with van der Waals surface area (Å²) in [6, 6.07) is 0. The zero-order chi connectivity index (χ0) is 9.78. The van der Waals surface area contributed by atoms with E-state index in [0.717, 1.165) is 0 Å². The maximum Gasteiger partial charge on any atom is 0.523 e. The van der Waals surface area contributed by atoms with Gasteiger partial charge >= 0.3 is 6.36 Å². The third kappa shape index (κ3) is 5.60. The second-order valence-electron chi connectivity index (χ2n) is 2.30. The molecule has 0 saturated heterocycles. The van der Waals surface area contributed by atoms with Crippen LogP contribution in [-0.4, -0.2) is 11.4 Å². The third-order valence-corrected chi connectivity index (χ3v) is 2.18. The van der Waals surface area contributed by atoms with E-state index in [-0.39, 0.29) is 5.92 Å². The number of rotatable bonds is 3. The average Bonchev–Trinajstić information content (AvgIpc) is 1.84. The van der Waals surface area contributed by atoms with Crippen LogP contribution in [0.1, 0.15) is 13.8 Å². The maximum atomic E-state index is 11.6. The van der Waals surface area contributed by atoms with Crippen molar-refractivity contribution in [2.75, 3.05) is 0 Å². The lowest BCUT2D eigenvalue weighted by atomic mass is 10.2. The quantitative estimate of drug-likeness (QED) is 0.548. The van der Waals surface area contributed by atoms with Gasteiger partial charge in [-0.1, -0.05) is 35.0 Å². The van der Waals surface area contributed by atoms with Crippen molar-refractivity contribution in [2.45, 2.75) is 25.2 Å². The van der Waals surface area contributed by atoms with Crippen LogP contribution in [0.25, 0.3) is 0 Å². The van der Waals surface area contributed by atoms with Crippen molar-refractivity contribution < 1.29 is 17.9 Å². The average molecular weight is 247 g/mol. The highest BCUT2D eigenvalue weighted by Crippen LogP contribution is 2.26. The van der Waals surface area contributed by atoms with Crippen LogP contribution < -0.4 is 0 Å². The van der Waals surface area contributed by atoms with Crippen LogP contribution in [0.5, 0.6) is 0 Å². The second kappa shape index (κ2) is 4.87. The molecule has 0 N–H and O–H groups in total. The van der Waals surface area contributed by atoms with Gasteiger partial charge in [0.05, 0.1) is 0 Å². The molecule has 72 valence electrons. The third-order valence-electron chi connectivity index (χ3n) is 1.16. The molecule has 2 atom stereocenters. The highest BCUT2D eigenvalue weighted by atomic mass is 79.9. The molecule has 0 bridgehead atoms. The fourth-order valence-corrected chi connectivity index (χ4v) is 1.01. The van der Waals surface area contributed by atoms with Crippen LogP contribution in [0.2, 0.25) is 0 Å². The number of hydrogen-bond donors (Lipinski definition) is 0. The molecule has 0 aromatic rings. The first-order valence-electron chi connectivity index (χ1n) is 3.38. The fraction of sp³-hybridized carbons (Fsp3) is 0.714. The van der Waals surface area contributed by atoms with Gasteiger partial charge in [-0.15, -0.1) is 13.2 Å². The molecule has 1 unspecified atom stereocenters. The Hall–Kier alpha value is -0.0300. The summed E-state index contributed by atoms with van der Waals surface area (Å²) in [7, 11) is 0. The van der Waals surface area contributed by atoms with E-state index in [0.29, 0.717) is 0 Å². The smallest absolute Gasteiger partial charge is 0.276 e. The fourth-order valence-electron chi connectivity index (χ4n) is 0.626. The molecule has 0 aliphatic carbocycles. The monoisotopic (exact) mass is 246 g/mol. The summed E-state index contributed by atoms with van der Waals surface area (Å²) >= 11 is 2.79. The number of ether oxygens (including phenoxy) is 1. The van der Waals surface area contributed by atoms with Crippen molar-refractivity contribution >= 4 is 15.9 Å². The molecule has 1 nitrogen and oxygen atoms in total. The highest BCUT2D eigenvalue weighted by Gasteiger charge is 2.33. The number of hydrogen-bond acceptors (Lipinski definition) is 1. The molecule has 0 radical (unpaired) electrons. The zero-order valence-corrected chi connectivity index (χ0v) is 8.32. The predicted molar refractivity (Wildman–Crippen MR) is 43.8 cm³/mol. The van der Waals surface area contributed by atoms with Crippen LogP contribution in [0.4, 0.5) is 13.2 Å². The maximum absolute atomic E-state index is 11.6. The molecule has 0 aromatic carbocycles. The van der Waals surface area contributed by atoms with Gasteiger partial charge in [0, 0.05) is 5.92 Å². The lowest BCUT2D eigenvalue weighted by Crippen LogP contribution is -2.23. The van der Waals surface area contributed by atoms with Gasteiger partial charge in [0.25, 0.3) is 0 Å². The minimum atomic E-state index is -4.58. The van der Waals surface area contributed by atoms with E-state index >= 15 is 0 Å². The summed E-state index contributed by atoms with van der Waals surface area (Å²) in [6.45, 7) is 3.37. The predicted octanol–water partition coefficient (Wildman–Crippen LogP) is 3.46. The Morgan fingerprint density at radius 2 is 1.92 bits per heavy atom. The summed E-state index contributed by atoms with van der Waals surface area (Å²) in [4.78, 5) is 0. The second-order valence-corrected chi connectivity index (χ2v) is 3.20. The number of alkyl halides is 4. The summed E-state index contributed by atoms with van der Waals surface area (Å²) in [5.41, 5.74) is 0. The van der Waals surface area contributed by atoms with E-state index in [1.807, 2.05) is 0 Å². The molecule has 0 amide bonds. The van der Waals surface area contributed by atoms with Crippen LogP contribution in [-0.2, 0) is 4.74 Å². The summed E-state index contributed by atoms with van der Waals surface area (Å²) in [5.74, 6) is -0.309. The van der Waals surface area contributed by atoms with Gasteiger partial charge < -0.3 is 0 Å². The Morgan fingerprint density at radius 1 is 1.42 bits per heavy atom. The van der Waals surface area contributed by atoms with Crippen molar-refractivity contribution in [3.05, 3.63) is 12.2 Å². The van der Waals surface area contributed by atoms with Gasteiger partial charge in [-0.2, -0.15) is 0 Å². The molecule has 12 heavy (non-hydrogen) atoms. The molecule has 0 aliphatic rings. The summed E-state index contributed by atoms with van der Waals surface area (Å²) in [6.07, 6.45) is -1.27. The molecule has 0 saturated carbocycles. The number of halogens is 4. The van der Waals surface area contributed by atoms with Gasteiger partial charge in [-0.05, 0) is 6.92 Å². The van der Waals surface area contributed by atoms with Gasteiger partial charge in [-0.3, -0.25) is 4.74 Å². The molecule has 0 aromatic heterocycles. The van der Waals surface area contributed by atoms with Crippen molar-refractivity contribution in [1.29, 1.82) is 0 Å². The van der Waals surface area contributed by atoms with E-state index in [2.05, 4.69) is 20.7 Å². The highest BCUT2D eigenvalue weighted by molar-refractivity contribution is 9.09. The Balaban J connectivity index is 3.95. The van der Waals surface area contributed by atoms with Crippen molar-refractivity contribution in [3.63, 3.8) is 0 Å². The van der Waals surface area contributed by atoms with Gasteiger partial charge in [0.1, 0.15) is 5.01 Å². The zero-order valence-electron chi connectivity index (χ0n) is 6.73. The first-order chi connectivity index (χ1) is 5.37. The molecule has 5 heteroatoms. The molecule has 0 fully saturated rings. The van der Waals surface area contributed by atoms with Crippen molar-refractivity contribution in [2.24, 2.45) is 5.92 Å². The molecule has 0 heterocycles. The largest absolute Gasteiger partial charge is 0.523 e. The van der Waals surface area contributed by atoms with E-state index in [1.54, 1.807) is 26.0 Å². The van der Waals surface area contributed by atoms with E-state index in [1.165, 1.54) is 0 Å². The SMILES string of the molecule is C/C=C\[C@@H](C)C(Br)OC(F)(F)F. The van der Waals surface area contributed by atoms with E-state index in [4.69, 9.17) is 0 Å². The van der Waals surface area contributed by atoms with Crippen molar-refractivity contribution in [3.8, 4) is 0 Å². The molecular weight excluding hydrogens is 237 g/mol. The van der Waals surface area contributed by atoms with Gasteiger partial charge in [-0.25, -0.2) is 0 Å². The van der Waals surface area contributed by atoms with Gasteiger partial charge in [0.2, 0.25) is 0 Å². The Bertz CT molecular complexity index is 155. The van der Waals surface area contributed by atoms with Crippen LogP contribution in [0.15, 0.2) is 12.2 Å². The first-order valence-corrected chi connectivity index (χ1v) is 4.30. The molecule has 0 aliphatic heterocycles. The minimum Gasteiger partial charge on any atom is -0.276 e. The van der Waals surface area contributed by atoms with Crippen LogP contribution in [0.3, 0.4) is 0 Å². The Morgan fingerprint density at radius 3 is 2.25 bits per heavy atom. The first kappa shape index (κ1) is 12.0. The summed E-state index contributed by atoms with van der Waals surface area (Å²) < 4.78 is 38.6. The standard InChI is InChI=1S/C7H10BrF3O/c1-3-4-5(2)6(8)12-7(9,10)11/h3-6H,1-2H3/b4-3-/t5-,6?/m1/s1. The van der Waals surface area contributed by atoms with E-state index in [9.17, 15) is 13.2 Å². The minimum absolute atomic E-state index is 0.309. The van der Waals surface area contributed by atoms with E-state index < -0.39 is 11.4 Å². The Labute approximate surface area is 77.7 Å². The normalized spacial score (nSPS) is 18.2. The molecule has 0 rings (SSSR count). The van der Waals surface area contributed by atoms with Gasteiger partial charge in [0.15, 0.2) is 0 Å². The number of allylic oxidation sites excluding steroid dienone is 1. The topological polar surface area (TPSA) is 9.23 Å². The Kier molecular flexibility index (Phi) is 4.85.